The first-order valence-corrected chi connectivity index (χ1v) is 18.9. The molecule has 2 aliphatic heterocycles. The Kier molecular flexibility index (Phi) is 14.1. The minimum atomic E-state index is -2.28. The molecule has 0 atom stereocenters. The second kappa shape index (κ2) is 16.2. The molecule has 0 bridgehead atoms. The molecule has 11 heteroatoms. The highest BCUT2D eigenvalue weighted by atomic mass is 79.9. The van der Waals surface area contributed by atoms with Crippen LogP contribution in [0.4, 0.5) is 11.4 Å². The topological polar surface area (TPSA) is 99.1 Å². The van der Waals surface area contributed by atoms with Crippen LogP contribution in [-0.4, -0.2) is 113 Å². The minimum Gasteiger partial charge on any atom is -0.399 e. The first-order chi connectivity index (χ1) is 18.2. The maximum Gasteiger partial charge on any atom is 0.332 e. The molecule has 218 valence electrons. The number of nitrogens with zero attached hydrogens (tertiary/aromatic N) is 4. The van der Waals surface area contributed by atoms with Gasteiger partial charge in [0.15, 0.2) is 0 Å². The molecule has 0 aliphatic carbocycles. The number of likely N-dealkylation sites (N-methyl/N-ethyl adjacent to an activating group) is 2. The van der Waals surface area contributed by atoms with Gasteiger partial charge in [-0.1, -0.05) is 32.6 Å². The van der Waals surface area contributed by atoms with E-state index in [1.54, 1.807) is 13.3 Å². The zero-order chi connectivity index (χ0) is 29.2. The molecule has 4 rings (SSSR count). The van der Waals surface area contributed by atoms with Gasteiger partial charge < -0.3 is 25.8 Å². The Morgan fingerprint density at radius 3 is 1.56 bits per heavy atom. The van der Waals surface area contributed by atoms with E-state index in [0.29, 0.717) is 5.69 Å². The summed E-state index contributed by atoms with van der Waals surface area (Å²) >= 11 is 3.57. The molecular weight excluding hydrogens is 594 g/mol. The molecule has 0 saturated carbocycles. The number of anilines is 2. The second-order valence-corrected chi connectivity index (χ2v) is 16.7. The lowest BCUT2D eigenvalue weighted by Gasteiger charge is -2.33. The Labute approximate surface area is 245 Å². The highest BCUT2D eigenvalue weighted by Gasteiger charge is 2.20. The number of benzene rings is 2. The summed E-state index contributed by atoms with van der Waals surface area (Å²) in [7, 11) is 1.18. The number of piperazine rings is 2. The van der Waals surface area contributed by atoms with Crippen LogP contribution < -0.4 is 16.8 Å². The third-order valence-electron chi connectivity index (χ3n) is 6.75. The van der Waals surface area contributed by atoms with Gasteiger partial charge in [-0.05, 0) is 62.8 Å². The number of nitrogen functional groups attached to an aromatic ring is 2. The van der Waals surface area contributed by atoms with Gasteiger partial charge in [0.1, 0.15) is 20.5 Å². The van der Waals surface area contributed by atoms with Crippen LogP contribution in [0.1, 0.15) is 11.1 Å². The maximum absolute atomic E-state index is 12.4. The van der Waals surface area contributed by atoms with Gasteiger partial charge in [-0.2, -0.15) is 0 Å². The van der Waals surface area contributed by atoms with Crippen molar-refractivity contribution in [2.45, 2.75) is 13.1 Å². The van der Waals surface area contributed by atoms with Gasteiger partial charge in [-0.25, -0.2) is 0 Å². The van der Waals surface area contributed by atoms with Crippen LogP contribution in [0.5, 0.6) is 0 Å². The van der Waals surface area contributed by atoms with Crippen molar-refractivity contribution >= 4 is 47.6 Å². The smallest absolute Gasteiger partial charge is 0.332 e. The van der Waals surface area contributed by atoms with Crippen LogP contribution >= 0.6 is 30.9 Å². The number of hydrogen-bond acceptors (Lipinski definition) is 8. The Hall–Kier alpha value is -1.31. The molecule has 0 aromatic heterocycles. The molecule has 4 N–H and O–H groups in total. The highest BCUT2D eigenvalue weighted by molar-refractivity contribution is 9.10. The largest absolute Gasteiger partial charge is 0.399 e. The van der Waals surface area contributed by atoms with Gasteiger partial charge in [0.2, 0.25) is 0 Å². The summed E-state index contributed by atoms with van der Waals surface area (Å²) < 4.78 is 23.1. The van der Waals surface area contributed by atoms with E-state index in [0.717, 1.165) is 86.5 Å². The molecule has 0 radical (unpaired) electrons. The normalized spacial score (nSPS) is 17.5. The summed E-state index contributed by atoms with van der Waals surface area (Å²) in [6, 6.07) is 11.9. The van der Waals surface area contributed by atoms with E-state index in [2.05, 4.69) is 55.7 Å². The van der Waals surface area contributed by atoms with Crippen molar-refractivity contribution in [1.82, 2.24) is 19.6 Å². The van der Waals surface area contributed by atoms with Crippen LogP contribution in [0, 0.1) is 0 Å². The van der Waals surface area contributed by atoms with Crippen molar-refractivity contribution in [3.05, 3.63) is 52.0 Å². The lowest BCUT2D eigenvalue weighted by molar-refractivity contribution is 0.148. The third kappa shape index (κ3) is 12.8. The monoisotopic (exact) mass is 641 g/mol. The Morgan fingerprint density at radius 1 is 0.769 bits per heavy atom. The molecule has 0 unspecified atom stereocenters. The molecule has 2 aliphatic rings. The molecular formula is C28H48BrN6O2P2+. The molecule has 8 nitrogen and oxygen atoms in total. The summed E-state index contributed by atoms with van der Waals surface area (Å²) in [5, 5.41) is 0.937. The molecule has 2 fully saturated rings. The van der Waals surface area contributed by atoms with Crippen LogP contribution in [0.15, 0.2) is 40.9 Å². The molecule has 2 heterocycles. The van der Waals surface area contributed by atoms with Gasteiger partial charge in [-0.15, -0.1) is 0 Å². The average molecular weight is 643 g/mol. The zero-order valence-electron chi connectivity index (χ0n) is 24.6. The number of rotatable bonds is 5. The first kappa shape index (κ1) is 33.9. The third-order valence-corrected chi connectivity index (χ3v) is 9.06. The van der Waals surface area contributed by atoms with Crippen molar-refractivity contribution in [2.75, 3.05) is 105 Å². The van der Waals surface area contributed by atoms with Gasteiger partial charge in [0, 0.05) is 86.6 Å². The molecule has 2 aromatic rings. The van der Waals surface area contributed by atoms with Crippen LogP contribution in [-0.2, 0) is 22.2 Å². The molecule has 39 heavy (non-hydrogen) atoms. The van der Waals surface area contributed by atoms with Crippen molar-refractivity contribution < 1.29 is 9.13 Å². The number of halogens is 1. The number of hydrogen-bond donors (Lipinski definition) is 2. The molecule has 2 aromatic carbocycles. The first-order valence-electron chi connectivity index (χ1n) is 13.4. The molecule has 2 saturated heterocycles. The highest BCUT2D eigenvalue weighted by Crippen LogP contribution is 2.37. The van der Waals surface area contributed by atoms with Gasteiger partial charge in [-0.3, -0.25) is 9.80 Å². The lowest BCUT2D eigenvalue weighted by Crippen LogP contribution is -2.44. The van der Waals surface area contributed by atoms with E-state index >= 15 is 0 Å². The summed E-state index contributed by atoms with van der Waals surface area (Å²) in [4.78, 5) is 9.61. The average Bonchev–Trinajstić information content (AvgIpc) is 2.84. The van der Waals surface area contributed by atoms with E-state index in [4.69, 9.17) is 11.5 Å². The predicted octanol–water partition coefficient (Wildman–Crippen LogP) is 4.12. The van der Waals surface area contributed by atoms with Gasteiger partial charge >= 0.3 is 7.80 Å². The van der Waals surface area contributed by atoms with E-state index in [-0.39, 0.29) is 0 Å². The summed E-state index contributed by atoms with van der Waals surface area (Å²) in [5.41, 5.74) is 15.5. The summed E-state index contributed by atoms with van der Waals surface area (Å²) in [6.45, 7) is 17.8. The van der Waals surface area contributed by atoms with Crippen molar-refractivity contribution in [3.63, 3.8) is 0 Å². The van der Waals surface area contributed by atoms with Gasteiger partial charge in [0.05, 0.1) is 0 Å². The predicted molar refractivity (Wildman–Crippen MR) is 173 cm³/mol. The number of nitrogens with two attached hydrogens (primary N) is 2. The minimum absolute atomic E-state index is 0.695. The van der Waals surface area contributed by atoms with Crippen LogP contribution in [0.2, 0.25) is 0 Å². The van der Waals surface area contributed by atoms with Crippen LogP contribution in [0.3, 0.4) is 0 Å². The van der Waals surface area contributed by atoms with Crippen LogP contribution in [0.25, 0.3) is 0 Å². The SMILES string of the molecule is CN1CCN(Cc2ccc(N)cc2Br)CC1.CN1CCN(Cc2ccc(N)cc2P(C)(C)=O)CC1.C[P+](C)=O. The van der Waals surface area contributed by atoms with Crippen molar-refractivity contribution in [2.24, 2.45) is 0 Å². The van der Waals surface area contributed by atoms with Gasteiger partial charge in [0.25, 0.3) is 0 Å². The fourth-order valence-electron chi connectivity index (χ4n) is 4.40. The molecule has 0 amide bonds. The Bertz CT molecular complexity index is 1110. The summed E-state index contributed by atoms with van der Waals surface area (Å²) in [5.74, 6) is 0. The lowest BCUT2D eigenvalue weighted by atomic mass is 10.2. The standard InChI is InChI=1S/C14H24N3OP.C12H18BrN3.C2H6OP/c1-16-6-8-17(9-7-16)11-12-4-5-13(15)10-14(12)19(2,3)18;1-15-4-6-16(7-5-15)9-10-2-3-11(14)8-12(10)13;1-4(2)3/h4-5,10H,6-9,11,15H2,1-3H3;2-3,8H,4-7,9,14H2,1H3;1-2H3/q;;+1. The quantitative estimate of drug-likeness (QED) is 0.372. The van der Waals surface area contributed by atoms with E-state index in [1.165, 1.54) is 5.56 Å². The Morgan fingerprint density at radius 2 is 1.15 bits per heavy atom. The zero-order valence-corrected chi connectivity index (χ0v) is 27.9. The van der Waals surface area contributed by atoms with Crippen molar-refractivity contribution in [3.8, 4) is 0 Å². The van der Waals surface area contributed by atoms with Crippen molar-refractivity contribution in [1.29, 1.82) is 0 Å². The molecule has 0 spiro atoms. The Balaban J connectivity index is 0.000000243. The fraction of sp³-hybridized carbons (Fsp3) is 0.571. The summed E-state index contributed by atoms with van der Waals surface area (Å²) in [6.07, 6.45) is 0. The fourth-order valence-corrected chi connectivity index (χ4v) is 6.22. The van der Waals surface area contributed by atoms with E-state index in [9.17, 15) is 9.13 Å². The second-order valence-electron chi connectivity index (χ2n) is 11.1. The van der Waals surface area contributed by atoms with E-state index in [1.807, 2.05) is 43.7 Å². The van der Waals surface area contributed by atoms with E-state index < -0.39 is 14.9 Å². The maximum atomic E-state index is 12.4.